The Hall–Kier alpha value is -1.51. The molecule has 1 aromatic rings. The van der Waals surface area contributed by atoms with E-state index in [2.05, 4.69) is 6.92 Å². The van der Waals surface area contributed by atoms with E-state index in [0.717, 1.165) is 18.4 Å². The van der Waals surface area contributed by atoms with E-state index in [9.17, 15) is 9.90 Å². The zero-order chi connectivity index (χ0) is 17.6. The van der Waals surface area contributed by atoms with Crippen molar-refractivity contribution in [1.82, 2.24) is 0 Å². The van der Waals surface area contributed by atoms with Gasteiger partial charge in [-0.3, -0.25) is 0 Å². The van der Waals surface area contributed by atoms with Gasteiger partial charge in [-0.1, -0.05) is 95.4 Å². The van der Waals surface area contributed by atoms with Gasteiger partial charge in [-0.15, -0.1) is 0 Å². The molecule has 0 amide bonds. The average Bonchev–Trinajstić information content (AvgIpc) is 2.57. The Morgan fingerprint density at radius 1 is 0.875 bits per heavy atom. The molecular formula is C21H33O3-. The van der Waals surface area contributed by atoms with Gasteiger partial charge in [0.15, 0.2) is 0 Å². The van der Waals surface area contributed by atoms with Gasteiger partial charge in [0.25, 0.3) is 0 Å². The van der Waals surface area contributed by atoms with Crippen LogP contribution in [-0.2, 0) is 6.42 Å². The molecule has 0 aliphatic rings. The highest BCUT2D eigenvalue weighted by atomic mass is 16.4. The lowest BCUT2D eigenvalue weighted by Gasteiger charge is -2.11. The van der Waals surface area contributed by atoms with E-state index in [1.165, 1.54) is 82.8 Å². The van der Waals surface area contributed by atoms with Gasteiger partial charge in [-0.2, -0.15) is 0 Å². The second-order valence-electron chi connectivity index (χ2n) is 6.77. The molecule has 1 N–H and O–H groups in total. The Labute approximate surface area is 147 Å². The molecule has 0 bridgehead atoms. The minimum Gasteiger partial charge on any atom is -0.872 e. The Balaban J connectivity index is 2.01. The summed E-state index contributed by atoms with van der Waals surface area (Å²) in [4.78, 5) is 10.9. The lowest BCUT2D eigenvalue weighted by atomic mass is 10.0. The highest BCUT2D eigenvalue weighted by molar-refractivity contribution is 5.90. The fourth-order valence-corrected chi connectivity index (χ4v) is 3.07. The van der Waals surface area contributed by atoms with Crippen molar-refractivity contribution in [3.05, 3.63) is 29.3 Å². The molecule has 3 nitrogen and oxygen atoms in total. The second-order valence-corrected chi connectivity index (χ2v) is 6.77. The average molecular weight is 333 g/mol. The number of carboxylic acids is 1. The predicted molar refractivity (Wildman–Crippen MR) is 97.6 cm³/mol. The summed E-state index contributed by atoms with van der Waals surface area (Å²) < 4.78 is 0. The van der Waals surface area contributed by atoms with Crippen molar-refractivity contribution in [2.75, 3.05) is 0 Å². The standard InChI is InChI=1S/C21H34O3/c1-2-3-4-5-6-7-8-9-10-11-12-13-14-18-15-16-20(22)19(17-18)21(23)24/h15-17,22H,2-14H2,1H3,(H,23,24)/p-1. The largest absolute Gasteiger partial charge is 0.872 e. The third-order valence-electron chi connectivity index (χ3n) is 4.59. The first-order valence-electron chi connectivity index (χ1n) is 9.68. The molecular weight excluding hydrogens is 300 g/mol. The smallest absolute Gasteiger partial charge is 0.335 e. The van der Waals surface area contributed by atoms with Crippen LogP contribution in [0.1, 0.15) is 99.9 Å². The van der Waals surface area contributed by atoms with Crippen molar-refractivity contribution < 1.29 is 15.0 Å². The van der Waals surface area contributed by atoms with Crippen LogP contribution in [-0.4, -0.2) is 11.1 Å². The van der Waals surface area contributed by atoms with Gasteiger partial charge in [0, 0.05) is 0 Å². The molecule has 0 fully saturated rings. The lowest BCUT2D eigenvalue weighted by Crippen LogP contribution is -2.04. The van der Waals surface area contributed by atoms with Gasteiger partial charge in [-0.25, -0.2) is 4.79 Å². The zero-order valence-corrected chi connectivity index (χ0v) is 15.2. The summed E-state index contributed by atoms with van der Waals surface area (Å²) in [6.07, 6.45) is 16.6. The number of carboxylic acid groups (broad SMARTS) is 1. The predicted octanol–water partition coefficient (Wildman–Crippen LogP) is 5.70. The lowest BCUT2D eigenvalue weighted by molar-refractivity contribution is -0.268. The van der Waals surface area contributed by atoms with Crippen molar-refractivity contribution >= 4 is 5.97 Å². The highest BCUT2D eigenvalue weighted by Gasteiger charge is 2.05. The van der Waals surface area contributed by atoms with Crippen LogP contribution in [0.3, 0.4) is 0 Å². The van der Waals surface area contributed by atoms with E-state index in [0.29, 0.717) is 0 Å². The summed E-state index contributed by atoms with van der Waals surface area (Å²) >= 11 is 0. The van der Waals surface area contributed by atoms with Crippen LogP contribution in [0.25, 0.3) is 0 Å². The number of aromatic carboxylic acids is 1. The first-order chi connectivity index (χ1) is 11.6. The normalized spacial score (nSPS) is 10.9. The van der Waals surface area contributed by atoms with Crippen LogP contribution >= 0.6 is 0 Å². The number of hydrogen-bond acceptors (Lipinski definition) is 2. The molecule has 1 rings (SSSR count). The SMILES string of the molecule is CCCCCCCCCCCCCCc1ccc([O-])c(C(=O)O)c1. The van der Waals surface area contributed by atoms with Crippen molar-refractivity contribution in [2.24, 2.45) is 0 Å². The molecule has 0 aromatic heterocycles. The number of aryl methyl sites for hydroxylation is 1. The Bertz CT molecular complexity index is 468. The Morgan fingerprint density at radius 2 is 1.38 bits per heavy atom. The highest BCUT2D eigenvalue weighted by Crippen LogP contribution is 2.18. The number of hydrogen-bond donors (Lipinski definition) is 1. The molecule has 3 heteroatoms. The molecule has 0 aliphatic heterocycles. The molecule has 0 saturated carbocycles. The third kappa shape index (κ3) is 8.95. The van der Waals surface area contributed by atoms with Crippen molar-refractivity contribution in [3.63, 3.8) is 0 Å². The number of benzene rings is 1. The molecule has 0 saturated heterocycles. The third-order valence-corrected chi connectivity index (χ3v) is 4.59. The quantitative estimate of drug-likeness (QED) is 0.444. The van der Waals surface area contributed by atoms with E-state index >= 15 is 0 Å². The van der Waals surface area contributed by atoms with Crippen molar-refractivity contribution in [3.8, 4) is 5.75 Å². The van der Waals surface area contributed by atoms with Crippen LogP contribution in [0.5, 0.6) is 5.75 Å². The minimum atomic E-state index is -1.13. The second kappa shape index (κ2) is 12.9. The fraction of sp³-hybridized carbons (Fsp3) is 0.667. The van der Waals surface area contributed by atoms with Gasteiger partial charge >= 0.3 is 5.97 Å². The van der Waals surface area contributed by atoms with Crippen LogP contribution in [0.4, 0.5) is 0 Å². The molecule has 0 spiro atoms. The molecule has 0 atom stereocenters. The maximum absolute atomic E-state index is 11.4. The van der Waals surface area contributed by atoms with Crippen molar-refractivity contribution in [2.45, 2.75) is 90.4 Å². The van der Waals surface area contributed by atoms with Gasteiger partial charge in [0.2, 0.25) is 0 Å². The molecule has 24 heavy (non-hydrogen) atoms. The van der Waals surface area contributed by atoms with Gasteiger partial charge < -0.3 is 10.2 Å². The summed E-state index contributed by atoms with van der Waals surface area (Å²) in [5.74, 6) is -1.53. The maximum Gasteiger partial charge on any atom is 0.335 e. The van der Waals surface area contributed by atoms with Crippen LogP contribution in [0.15, 0.2) is 18.2 Å². The molecule has 0 radical (unpaired) electrons. The Kier molecular flexibility index (Phi) is 11.0. The summed E-state index contributed by atoms with van der Waals surface area (Å²) in [6.45, 7) is 2.25. The first-order valence-corrected chi connectivity index (χ1v) is 9.68. The molecule has 0 unspecified atom stereocenters. The van der Waals surface area contributed by atoms with Gasteiger partial charge in [0.05, 0.1) is 5.56 Å². The van der Waals surface area contributed by atoms with Gasteiger partial charge in [0.1, 0.15) is 0 Å². The molecule has 136 valence electrons. The number of carbonyl (C=O) groups is 1. The maximum atomic E-state index is 11.4. The molecule has 1 aromatic carbocycles. The monoisotopic (exact) mass is 333 g/mol. The van der Waals surface area contributed by atoms with Gasteiger partial charge in [-0.05, 0) is 24.5 Å². The number of unbranched alkanes of at least 4 members (excludes halogenated alkanes) is 11. The Morgan fingerprint density at radius 3 is 1.88 bits per heavy atom. The summed E-state index contributed by atoms with van der Waals surface area (Å²) in [6, 6.07) is 4.66. The molecule has 0 aliphatic carbocycles. The first kappa shape index (κ1) is 20.5. The summed E-state index contributed by atoms with van der Waals surface area (Å²) in [5, 5.41) is 20.4. The summed E-state index contributed by atoms with van der Waals surface area (Å²) in [7, 11) is 0. The topological polar surface area (TPSA) is 60.4 Å². The zero-order valence-electron chi connectivity index (χ0n) is 15.2. The van der Waals surface area contributed by atoms with E-state index < -0.39 is 11.7 Å². The fourth-order valence-electron chi connectivity index (χ4n) is 3.07. The van der Waals surface area contributed by atoms with Crippen LogP contribution < -0.4 is 5.11 Å². The molecule has 0 heterocycles. The summed E-state index contributed by atoms with van der Waals surface area (Å²) in [5.41, 5.74) is 0.852. The van der Waals surface area contributed by atoms with E-state index in [1.807, 2.05) is 0 Å². The van der Waals surface area contributed by atoms with Crippen LogP contribution in [0.2, 0.25) is 0 Å². The number of rotatable bonds is 14. The van der Waals surface area contributed by atoms with Crippen molar-refractivity contribution in [1.29, 1.82) is 0 Å². The minimum absolute atomic E-state index is 0.105. The van der Waals surface area contributed by atoms with Crippen LogP contribution in [0, 0.1) is 0 Å². The van der Waals surface area contributed by atoms with E-state index in [4.69, 9.17) is 5.11 Å². The van der Waals surface area contributed by atoms with E-state index in [-0.39, 0.29) is 5.56 Å². The van der Waals surface area contributed by atoms with E-state index in [1.54, 1.807) is 6.07 Å².